The first kappa shape index (κ1) is 13.6. The molecule has 1 fully saturated rings. The summed E-state index contributed by atoms with van der Waals surface area (Å²) in [6.07, 6.45) is 4.15. The smallest absolute Gasteiger partial charge is 0.0208 e. The fourth-order valence-electron chi connectivity index (χ4n) is 3.28. The summed E-state index contributed by atoms with van der Waals surface area (Å²) in [7, 11) is 0. The van der Waals surface area contributed by atoms with Crippen LogP contribution in [0.15, 0.2) is 30.3 Å². The van der Waals surface area contributed by atoms with Crippen LogP contribution in [0.3, 0.4) is 0 Å². The first-order valence-electron chi connectivity index (χ1n) is 7.44. The maximum absolute atomic E-state index is 3.80. The maximum Gasteiger partial charge on any atom is 0.0208 e. The second kappa shape index (κ2) is 6.38. The highest BCUT2D eigenvalue weighted by Gasteiger charge is 2.29. The molecule has 1 saturated carbocycles. The summed E-state index contributed by atoms with van der Waals surface area (Å²) in [6.45, 7) is 8.16. The van der Waals surface area contributed by atoms with Gasteiger partial charge in [-0.2, -0.15) is 0 Å². The molecule has 0 heterocycles. The van der Waals surface area contributed by atoms with Crippen LogP contribution in [0, 0.1) is 17.8 Å². The van der Waals surface area contributed by atoms with Crippen molar-refractivity contribution < 1.29 is 0 Å². The van der Waals surface area contributed by atoms with Crippen LogP contribution in [0.1, 0.15) is 45.6 Å². The van der Waals surface area contributed by atoms with Gasteiger partial charge in [-0.25, -0.2) is 0 Å². The van der Waals surface area contributed by atoms with Gasteiger partial charge >= 0.3 is 0 Å². The molecule has 2 rings (SSSR count). The van der Waals surface area contributed by atoms with E-state index in [0.29, 0.717) is 6.04 Å². The zero-order valence-electron chi connectivity index (χ0n) is 12.0. The van der Waals surface area contributed by atoms with E-state index < -0.39 is 0 Å². The molecule has 1 aliphatic rings. The minimum atomic E-state index is 0.703. The van der Waals surface area contributed by atoms with Crippen LogP contribution >= 0.6 is 0 Å². The molecular weight excluding hydrogens is 218 g/mol. The largest absolute Gasteiger partial charge is 0.310 e. The van der Waals surface area contributed by atoms with Crippen LogP contribution in [0.5, 0.6) is 0 Å². The molecule has 3 atom stereocenters. The zero-order chi connectivity index (χ0) is 13.0. The summed E-state index contributed by atoms with van der Waals surface area (Å²) < 4.78 is 0. The summed E-state index contributed by atoms with van der Waals surface area (Å²) in [6, 6.07) is 11.5. The van der Waals surface area contributed by atoms with E-state index in [1.54, 1.807) is 0 Å². The average molecular weight is 245 g/mol. The summed E-state index contributed by atoms with van der Waals surface area (Å²) in [5.74, 6) is 2.53. The summed E-state index contributed by atoms with van der Waals surface area (Å²) in [5, 5.41) is 3.80. The van der Waals surface area contributed by atoms with E-state index in [-0.39, 0.29) is 0 Å². The molecule has 0 aliphatic heterocycles. The lowest BCUT2D eigenvalue weighted by molar-refractivity contribution is 0.169. The lowest BCUT2D eigenvalue weighted by Gasteiger charge is -2.38. The lowest BCUT2D eigenvalue weighted by atomic mass is 9.74. The highest BCUT2D eigenvalue weighted by molar-refractivity contribution is 5.14. The Bertz CT molecular complexity index is 344. The summed E-state index contributed by atoms with van der Waals surface area (Å²) in [5.41, 5.74) is 1.40. The number of hydrogen-bond donors (Lipinski definition) is 1. The molecule has 1 N–H and O–H groups in total. The van der Waals surface area contributed by atoms with Gasteiger partial charge in [0.25, 0.3) is 0 Å². The Morgan fingerprint density at radius 2 is 1.89 bits per heavy atom. The van der Waals surface area contributed by atoms with Crippen LogP contribution in [0.25, 0.3) is 0 Å². The van der Waals surface area contributed by atoms with Crippen LogP contribution in [0.2, 0.25) is 0 Å². The Morgan fingerprint density at radius 3 is 2.56 bits per heavy atom. The zero-order valence-corrected chi connectivity index (χ0v) is 12.0. The van der Waals surface area contributed by atoms with Crippen molar-refractivity contribution in [2.75, 3.05) is 0 Å². The molecule has 0 unspecified atom stereocenters. The Kier molecular flexibility index (Phi) is 4.82. The third kappa shape index (κ3) is 3.58. The Morgan fingerprint density at radius 1 is 1.17 bits per heavy atom. The van der Waals surface area contributed by atoms with E-state index in [1.165, 1.54) is 24.8 Å². The topological polar surface area (TPSA) is 12.0 Å². The number of hydrogen-bond acceptors (Lipinski definition) is 1. The predicted molar refractivity (Wildman–Crippen MR) is 78.4 cm³/mol. The molecule has 1 nitrogen and oxygen atoms in total. The fourth-order valence-corrected chi connectivity index (χ4v) is 3.28. The first-order valence-corrected chi connectivity index (χ1v) is 7.44. The van der Waals surface area contributed by atoms with E-state index >= 15 is 0 Å². The minimum Gasteiger partial charge on any atom is -0.310 e. The third-order valence-corrected chi connectivity index (χ3v) is 4.43. The SMILES string of the molecule is CC(C)[C@H]1CC[C@H](C)C[C@H]1NCc1ccccc1. The van der Waals surface area contributed by atoms with E-state index in [1.807, 2.05) is 0 Å². The molecule has 0 amide bonds. The van der Waals surface area contributed by atoms with Crippen LogP contribution in [-0.4, -0.2) is 6.04 Å². The molecule has 0 bridgehead atoms. The van der Waals surface area contributed by atoms with Gasteiger partial charge in [0.15, 0.2) is 0 Å². The Hall–Kier alpha value is -0.820. The van der Waals surface area contributed by atoms with Crippen LogP contribution < -0.4 is 5.32 Å². The van der Waals surface area contributed by atoms with E-state index in [9.17, 15) is 0 Å². The number of nitrogens with one attached hydrogen (secondary N) is 1. The molecule has 0 saturated heterocycles. The highest BCUT2D eigenvalue weighted by atomic mass is 14.9. The third-order valence-electron chi connectivity index (χ3n) is 4.43. The summed E-state index contributed by atoms with van der Waals surface area (Å²) >= 11 is 0. The quantitative estimate of drug-likeness (QED) is 0.836. The second-order valence-corrected chi connectivity index (χ2v) is 6.30. The molecule has 18 heavy (non-hydrogen) atoms. The van der Waals surface area contributed by atoms with Crippen molar-refractivity contribution in [2.45, 2.75) is 52.6 Å². The monoisotopic (exact) mass is 245 g/mol. The van der Waals surface area contributed by atoms with Gasteiger partial charge in [-0.05, 0) is 36.2 Å². The molecule has 100 valence electrons. The van der Waals surface area contributed by atoms with Crippen LogP contribution in [0.4, 0.5) is 0 Å². The minimum absolute atomic E-state index is 0.703. The molecular formula is C17H27N. The average Bonchev–Trinajstić information content (AvgIpc) is 2.37. The lowest BCUT2D eigenvalue weighted by Crippen LogP contribution is -2.42. The first-order chi connectivity index (χ1) is 8.66. The van der Waals surface area contributed by atoms with Crippen molar-refractivity contribution >= 4 is 0 Å². The van der Waals surface area contributed by atoms with Gasteiger partial charge in [-0.15, -0.1) is 0 Å². The number of rotatable bonds is 4. The standard InChI is InChI=1S/C17H27N/c1-13(2)16-10-9-14(3)11-17(16)18-12-15-7-5-4-6-8-15/h4-8,13-14,16-18H,9-12H2,1-3H3/t14-,16+,17+/m0/s1. The molecule has 0 radical (unpaired) electrons. The second-order valence-electron chi connectivity index (χ2n) is 6.30. The van der Waals surface area contributed by atoms with E-state index in [2.05, 4.69) is 56.4 Å². The molecule has 1 aromatic rings. The predicted octanol–water partition coefficient (Wildman–Crippen LogP) is 4.24. The Labute approximate surface area is 112 Å². The molecule has 1 heteroatoms. The van der Waals surface area contributed by atoms with Crippen molar-refractivity contribution in [1.82, 2.24) is 5.32 Å². The maximum atomic E-state index is 3.80. The van der Waals surface area contributed by atoms with Crippen molar-refractivity contribution in [3.63, 3.8) is 0 Å². The molecule has 0 aromatic heterocycles. The van der Waals surface area contributed by atoms with Gasteiger partial charge in [0.1, 0.15) is 0 Å². The van der Waals surface area contributed by atoms with Gasteiger partial charge in [0.05, 0.1) is 0 Å². The van der Waals surface area contributed by atoms with E-state index in [4.69, 9.17) is 0 Å². The van der Waals surface area contributed by atoms with Crippen molar-refractivity contribution in [1.29, 1.82) is 0 Å². The molecule has 1 aromatic carbocycles. The number of benzene rings is 1. The van der Waals surface area contributed by atoms with Crippen molar-refractivity contribution in [3.05, 3.63) is 35.9 Å². The van der Waals surface area contributed by atoms with E-state index in [0.717, 1.165) is 24.3 Å². The van der Waals surface area contributed by atoms with Gasteiger partial charge in [0, 0.05) is 12.6 Å². The normalized spacial score (nSPS) is 28.6. The van der Waals surface area contributed by atoms with Gasteiger partial charge < -0.3 is 5.32 Å². The summed E-state index contributed by atoms with van der Waals surface area (Å²) in [4.78, 5) is 0. The Balaban J connectivity index is 1.92. The van der Waals surface area contributed by atoms with Gasteiger partial charge in [-0.1, -0.05) is 57.5 Å². The molecule has 0 spiro atoms. The molecule has 1 aliphatic carbocycles. The fraction of sp³-hybridized carbons (Fsp3) is 0.647. The van der Waals surface area contributed by atoms with Gasteiger partial charge in [-0.3, -0.25) is 0 Å². The van der Waals surface area contributed by atoms with Crippen molar-refractivity contribution in [2.24, 2.45) is 17.8 Å². The van der Waals surface area contributed by atoms with Gasteiger partial charge in [0.2, 0.25) is 0 Å². The highest BCUT2D eigenvalue weighted by Crippen LogP contribution is 2.33. The van der Waals surface area contributed by atoms with Crippen molar-refractivity contribution in [3.8, 4) is 0 Å². The van der Waals surface area contributed by atoms with Crippen LogP contribution in [-0.2, 0) is 6.54 Å².